The van der Waals surface area contributed by atoms with Gasteiger partial charge in [0, 0.05) is 5.56 Å². The number of oxime groups is 1. The van der Waals surface area contributed by atoms with Crippen molar-refractivity contribution in [1.82, 2.24) is 0 Å². The normalized spacial score (nSPS) is 10.8. The zero-order chi connectivity index (χ0) is 6.69. The summed E-state index contributed by atoms with van der Waals surface area (Å²) in [5.74, 6) is 0. The average Bonchev–Trinajstić information content (AvgIpc) is 2.18. The molecule has 1 aromatic rings. The molecule has 4 heteroatoms. The van der Waals surface area contributed by atoms with Gasteiger partial charge in [-0.1, -0.05) is 16.8 Å². The molecule has 0 aliphatic heterocycles. The predicted octanol–water partition coefficient (Wildman–Crippen LogP) is 2.21. The van der Waals surface area contributed by atoms with Crippen molar-refractivity contribution in [3.05, 3.63) is 21.3 Å². The molecule has 48 valence electrons. The third-order valence-electron chi connectivity index (χ3n) is 0.843. The molecule has 0 amide bonds. The molecule has 0 saturated heterocycles. The third kappa shape index (κ3) is 1.43. The standard InChI is InChI=1S/C5H4ClNOS/c6-5-4(3-7-8)1-2-9-5/h1-3,8H. The van der Waals surface area contributed by atoms with Crippen LogP contribution in [0.5, 0.6) is 0 Å². The fourth-order valence-electron chi connectivity index (χ4n) is 0.457. The summed E-state index contributed by atoms with van der Waals surface area (Å²) in [7, 11) is 0. The lowest BCUT2D eigenvalue weighted by Gasteiger charge is -1.80. The van der Waals surface area contributed by atoms with E-state index >= 15 is 0 Å². The second-order valence-electron chi connectivity index (χ2n) is 1.39. The van der Waals surface area contributed by atoms with E-state index in [1.54, 1.807) is 6.07 Å². The second kappa shape index (κ2) is 2.85. The molecule has 2 nitrogen and oxygen atoms in total. The Balaban J connectivity index is 2.94. The van der Waals surface area contributed by atoms with Crippen LogP contribution >= 0.6 is 22.9 Å². The summed E-state index contributed by atoms with van der Waals surface area (Å²) < 4.78 is 0.646. The number of thiophene rings is 1. The van der Waals surface area contributed by atoms with Crippen molar-refractivity contribution in [2.24, 2.45) is 5.16 Å². The topological polar surface area (TPSA) is 32.6 Å². The third-order valence-corrected chi connectivity index (χ3v) is 2.04. The van der Waals surface area contributed by atoms with Gasteiger partial charge in [-0.2, -0.15) is 0 Å². The fourth-order valence-corrected chi connectivity index (χ4v) is 1.31. The Bertz CT molecular complexity index is 220. The highest BCUT2D eigenvalue weighted by atomic mass is 35.5. The van der Waals surface area contributed by atoms with E-state index in [4.69, 9.17) is 16.8 Å². The summed E-state index contributed by atoms with van der Waals surface area (Å²) in [6.07, 6.45) is 1.30. The molecule has 0 aliphatic rings. The molecular formula is C5H4ClNOS. The Morgan fingerprint density at radius 3 is 3.00 bits per heavy atom. The zero-order valence-electron chi connectivity index (χ0n) is 4.41. The van der Waals surface area contributed by atoms with Crippen LogP contribution in [-0.4, -0.2) is 11.4 Å². The highest BCUT2D eigenvalue weighted by molar-refractivity contribution is 7.14. The summed E-state index contributed by atoms with van der Waals surface area (Å²) >= 11 is 7.04. The minimum atomic E-state index is 0.646. The molecule has 0 atom stereocenters. The lowest BCUT2D eigenvalue weighted by atomic mass is 10.4. The second-order valence-corrected chi connectivity index (χ2v) is 2.91. The van der Waals surface area contributed by atoms with Gasteiger partial charge in [0.2, 0.25) is 0 Å². The first-order valence-corrected chi connectivity index (χ1v) is 3.51. The maximum atomic E-state index is 8.08. The Kier molecular flexibility index (Phi) is 2.08. The van der Waals surface area contributed by atoms with Crippen molar-refractivity contribution >= 4 is 29.2 Å². The van der Waals surface area contributed by atoms with E-state index in [0.717, 1.165) is 5.56 Å². The van der Waals surface area contributed by atoms with Crippen LogP contribution in [0.2, 0.25) is 4.34 Å². The highest BCUT2D eigenvalue weighted by Crippen LogP contribution is 2.20. The summed E-state index contributed by atoms with van der Waals surface area (Å²) in [6.45, 7) is 0. The van der Waals surface area contributed by atoms with Crippen molar-refractivity contribution in [3.63, 3.8) is 0 Å². The summed E-state index contributed by atoms with van der Waals surface area (Å²) in [6, 6.07) is 1.78. The van der Waals surface area contributed by atoms with Crippen molar-refractivity contribution < 1.29 is 5.21 Å². The van der Waals surface area contributed by atoms with Crippen molar-refractivity contribution in [2.45, 2.75) is 0 Å². The minimum absolute atomic E-state index is 0.646. The van der Waals surface area contributed by atoms with Gasteiger partial charge in [-0.05, 0) is 11.4 Å². The van der Waals surface area contributed by atoms with Gasteiger partial charge in [-0.3, -0.25) is 0 Å². The maximum Gasteiger partial charge on any atom is 0.102 e. The van der Waals surface area contributed by atoms with Gasteiger partial charge in [-0.15, -0.1) is 11.3 Å². The molecule has 1 rings (SSSR count). The molecule has 0 unspecified atom stereocenters. The van der Waals surface area contributed by atoms with Crippen LogP contribution in [0.3, 0.4) is 0 Å². The molecule has 1 heterocycles. The van der Waals surface area contributed by atoms with Gasteiger partial charge in [0.25, 0.3) is 0 Å². The van der Waals surface area contributed by atoms with E-state index in [1.807, 2.05) is 5.38 Å². The minimum Gasteiger partial charge on any atom is -0.411 e. The maximum absolute atomic E-state index is 8.08. The van der Waals surface area contributed by atoms with Crippen LogP contribution in [0.15, 0.2) is 16.6 Å². The highest BCUT2D eigenvalue weighted by Gasteiger charge is 1.95. The molecular weight excluding hydrogens is 158 g/mol. The van der Waals surface area contributed by atoms with Crippen LogP contribution < -0.4 is 0 Å². The molecule has 1 aromatic heterocycles. The van der Waals surface area contributed by atoms with E-state index in [9.17, 15) is 0 Å². The molecule has 9 heavy (non-hydrogen) atoms. The van der Waals surface area contributed by atoms with Gasteiger partial charge < -0.3 is 5.21 Å². The Labute approximate surface area is 61.4 Å². The molecule has 0 saturated carbocycles. The van der Waals surface area contributed by atoms with E-state index in [-0.39, 0.29) is 0 Å². The van der Waals surface area contributed by atoms with E-state index in [1.165, 1.54) is 17.6 Å². The first-order chi connectivity index (χ1) is 4.34. The number of nitrogens with zero attached hydrogens (tertiary/aromatic N) is 1. The van der Waals surface area contributed by atoms with Gasteiger partial charge in [0.1, 0.15) is 4.34 Å². The van der Waals surface area contributed by atoms with E-state index < -0.39 is 0 Å². The number of hydrogen-bond acceptors (Lipinski definition) is 3. The molecule has 0 aliphatic carbocycles. The Morgan fingerprint density at radius 2 is 2.56 bits per heavy atom. The molecule has 0 aromatic carbocycles. The first kappa shape index (κ1) is 6.58. The number of halogens is 1. The first-order valence-electron chi connectivity index (χ1n) is 2.25. The van der Waals surface area contributed by atoms with E-state index in [0.29, 0.717) is 4.34 Å². The van der Waals surface area contributed by atoms with Crippen LogP contribution in [0.1, 0.15) is 5.56 Å². The molecule has 0 spiro atoms. The summed E-state index contributed by atoms with van der Waals surface area (Å²) in [5, 5.41) is 12.7. The zero-order valence-corrected chi connectivity index (χ0v) is 5.99. The summed E-state index contributed by atoms with van der Waals surface area (Å²) in [5.41, 5.74) is 0.754. The van der Waals surface area contributed by atoms with Crippen LogP contribution in [0.25, 0.3) is 0 Å². The molecule has 0 radical (unpaired) electrons. The van der Waals surface area contributed by atoms with Crippen molar-refractivity contribution in [2.75, 3.05) is 0 Å². The molecule has 1 N–H and O–H groups in total. The van der Waals surface area contributed by atoms with Crippen LogP contribution in [-0.2, 0) is 0 Å². The summed E-state index contributed by atoms with van der Waals surface area (Å²) in [4.78, 5) is 0. The number of rotatable bonds is 1. The van der Waals surface area contributed by atoms with Crippen LogP contribution in [0, 0.1) is 0 Å². The van der Waals surface area contributed by atoms with E-state index in [2.05, 4.69) is 5.16 Å². The monoisotopic (exact) mass is 161 g/mol. The average molecular weight is 162 g/mol. The lowest BCUT2D eigenvalue weighted by molar-refractivity contribution is 0.322. The Morgan fingerprint density at radius 1 is 1.78 bits per heavy atom. The molecule has 0 bridgehead atoms. The fraction of sp³-hybridized carbons (Fsp3) is 0. The quantitative estimate of drug-likeness (QED) is 0.382. The van der Waals surface area contributed by atoms with Gasteiger partial charge in [0.05, 0.1) is 6.21 Å². The lowest BCUT2D eigenvalue weighted by Crippen LogP contribution is -1.73. The Hall–Kier alpha value is -0.540. The van der Waals surface area contributed by atoms with Gasteiger partial charge in [0.15, 0.2) is 0 Å². The van der Waals surface area contributed by atoms with Gasteiger partial charge >= 0.3 is 0 Å². The SMILES string of the molecule is ON=Cc1ccsc1Cl. The van der Waals surface area contributed by atoms with Crippen LogP contribution in [0.4, 0.5) is 0 Å². The predicted molar refractivity (Wildman–Crippen MR) is 38.7 cm³/mol. The smallest absolute Gasteiger partial charge is 0.102 e. The van der Waals surface area contributed by atoms with Crippen molar-refractivity contribution in [1.29, 1.82) is 0 Å². The van der Waals surface area contributed by atoms with Crippen molar-refractivity contribution in [3.8, 4) is 0 Å². The molecule has 0 fully saturated rings. The largest absolute Gasteiger partial charge is 0.411 e. The number of hydrogen-bond donors (Lipinski definition) is 1. The van der Waals surface area contributed by atoms with Gasteiger partial charge in [-0.25, -0.2) is 0 Å².